The van der Waals surface area contributed by atoms with Gasteiger partial charge in [0.2, 0.25) is 5.91 Å². The molecular weight excluding hydrogens is 256 g/mol. The average Bonchev–Trinajstić information content (AvgIpc) is 3.00. The molecule has 2 rings (SSSR count). The highest BCUT2D eigenvalue weighted by molar-refractivity contribution is 7.09. The monoisotopic (exact) mass is 276 g/mol. The SMILES string of the molecule is Cc1ccc(CNC(=O)CCCc2cccs2)n1C. The van der Waals surface area contributed by atoms with Crippen molar-refractivity contribution in [2.24, 2.45) is 7.05 Å². The second-order valence-corrected chi connectivity index (χ2v) is 5.77. The number of hydrogen-bond acceptors (Lipinski definition) is 2. The summed E-state index contributed by atoms with van der Waals surface area (Å²) in [4.78, 5) is 13.1. The molecule has 0 aliphatic rings. The molecule has 102 valence electrons. The van der Waals surface area contributed by atoms with E-state index in [2.05, 4.69) is 46.5 Å². The maximum Gasteiger partial charge on any atom is 0.220 e. The first kappa shape index (κ1) is 13.9. The van der Waals surface area contributed by atoms with Crippen LogP contribution in [0.15, 0.2) is 29.6 Å². The van der Waals surface area contributed by atoms with E-state index in [1.165, 1.54) is 10.6 Å². The molecule has 1 N–H and O–H groups in total. The number of carbonyl (C=O) groups is 1. The van der Waals surface area contributed by atoms with E-state index in [9.17, 15) is 4.79 Å². The van der Waals surface area contributed by atoms with Crippen molar-refractivity contribution in [3.8, 4) is 0 Å². The van der Waals surface area contributed by atoms with Crippen LogP contribution in [0.2, 0.25) is 0 Å². The molecule has 0 radical (unpaired) electrons. The Hall–Kier alpha value is -1.55. The number of nitrogens with one attached hydrogen (secondary N) is 1. The topological polar surface area (TPSA) is 34.0 Å². The van der Waals surface area contributed by atoms with Crippen molar-refractivity contribution in [3.05, 3.63) is 45.9 Å². The van der Waals surface area contributed by atoms with Crippen LogP contribution in [-0.2, 0) is 24.8 Å². The maximum atomic E-state index is 11.7. The number of nitrogens with zero attached hydrogens (tertiary/aromatic N) is 1. The first-order chi connectivity index (χ1) is 9.16. The molecule has 4 heteroatoms. The lowest BCUT2D eigenvalue weighted by molar-refractivity contribution is -0.121. The molecule has 0 atom stereocenters. The molecule has 0 aromatic carbocycles. The van der Waals surface area contributed by atoms with E-state index in [0.717, 1.165) is 18.5 Å². The van der Waals surface area contributed by atoms with Crippen LogP contribution in [0.4, 0.5) is 0 Å². The molecule has 0 fully saturated rings. The molecule has 0 aliphatic carbocycles. The summed E-state index contributed by atoms with van der Waals surface area (Å²) in [6.45, 7) is 2.68. The number of thiophene rings is 1. The zero-order chi connectivity index (χ0) is 13.7. The van der Waals surface area contributed by atoms with Crippen LogP contribution in [0, 0.1) is 6.92 Å². The van der Waals surface area contributed by atoms with Crippen LogP contribution in [0.25, 0.3) is 0 Å². The van der Waals surface area contributed by atoms with Crippen LogP contribution in [0.1, 0.15) is 29.1 Å². The van der Waals surface area contributed by atoms with Crippen LogP contribution in [0.5, 0.6) is 0 Å². The van der Waals surface area contributed by atoms with Gasteiger partial charge in [-0.15, -0.1) is 11.3 Å². The van der Waals surface area contributed by atoms with Gasteiger partial charge < -0.3 is 9.88 Å². The van der Waals surface area contributed by atoms with Gasteiger partial charge in [0.1, 0.15) is 0 Å². The Labute approximate surface area is 118 Å². The van der Waals surface area contributed by atoms with Gasteiger partial charge in [-0.2, -0.15) is 0 Å². The zero-order valence-corrected chi connectivity index (χ0v) is 12.3. The van der Waals surface area contributed by atoms with Crippen LogP contribution in [0.3, 0.4) is 0 Å². The number of rotatable bonds is 6. The molecule has 19 heavy (non-hydrogen) atoms. The minimum absolute atomic E-state index is 0.135. The molecule has 0 spiro atoms. The Kier molecular flexibility index (Phi) is 4.80. The molecule has 2 heterocycles. The van der Waals surface area contributed by atoms with Gasteiger partial charge >= 0.3 is 0 Å². The minimum Gasteiger partial charge on any atom is -0.351 e. The maximum absolute atomic E-state index is 11.7. The first-order valence-electron chi connectivity index (χ1n) is 6.57. The summed E-state index contributed by atoms with van der Waals surface area (Å²) < 4.78 is 2.10. The smallest absolute Gasteiger partial charge is 0.220 e. The van der Waals surface area contributed by atoms with E-state index >= 15 is 0 Å². The lowest BCUT2D eigenvalue weighted by atomic mass is 10.2. The standard InChI is InChI=1S/C15H20N2OS/c1-12-8-9-13(17(12)2)11-16-15(18)7-3-5-14-6-4-10-19-14/h4,6,8-10H,3,5,7,11H2,1-2H3,(H,16,18). The molecule has 0 saturated carbocycles. The molecule has 0 bridgehead atoms. The minimum atomic E-state index is 0.135. The summed E-state index contributed by atoms with van der Waals surface area (Å²) in [5.41, 5.74) is 2.35. The molecule has 0 saturated heterocycles. The number of hydrogen-bond donors (Lipinski definition) is 1. The predicted octanol–water partition coefficient (Wildman–Crippen LogP) is 3.03. The molecule has 2 aromatic rings. The fourth-order valence-electron chi connectivity index (χ4n) is 2.00. The van der Waals surface area contributed by atoms with Crippen molar-refractivity contribution in [2.45, 2.75) is 32.7 Å². The third kappa shape index (κ3) is 3.96. The Balaban J connectivity index is 1.68. The average molecular weight is 276 g/mol. The fraction of sp³-hybridized carbons (Fsp3) is 0.400. The second kappa shape index (κ2) is 6.57. The van der Waals surface area contributed by atoms with Gasteiger partial charge in [-0.1, -0.05) is 6.07 Å². The van der Waals surface area contributed by atoms with Gasteiger partial charge in [-0.05, 0) is 43.3 Å². The third-order valence-electron chi connectivity index (χ3n) is 3.35. The summed E-state index contributed by atoms with van der Waals surface area (Å²) in [5, 5.41) is 5.05. The van der Waals surface area contributed by atoms with Crippen LogP contribution < -0.4 is 5.32 Å². The van der Waals surface area contributed by atoms with Crippen molar-refractivity contribution in [1.82, 2.24) is 9.88 Å². The third-order valence-corrected chi connectivity index (χ3v) is 4.29. The Morgan fingerprint density at radius 3 is 2.84 bits per heavy atom. The van der Waals surface area contributed by atoms with Gasteiger partial charge in [0.25, 0.3) is 0 Å². The highest BCUT2D eigenvalue weighted by Gasteiger charge is 2.05. The lowest BCUT2D eigenvalue weighted by Crippen LogP contribution is -2.23. The van der Waals surface area contributed by atoms with Gasteiger partial charge in [0.05, 0.1) is 6.54 Å². The summed E-state index contributed by atoms with van der Waals surface area (Å²) >= 11 is 1.75. The number of carbonyl (C=O) groups excluding carboxylic acids is 1. The highest BCUT2D eigenvalue weighted by atomic mass is 32.1. The molecular formula is C15H20N2OS. The highest BCUT2D eigenvalue weighted by Crippen LogP contribution is 2.12. The fourth-order valence-corrected chi connectivity index (χ4v) is 2.75. The normalized spacial score (nSPS) is 10.6. The van der Waals surface area contributed by atoms with Crippen molar-refractivity contribution < 1.29 is 4.79 Å². The van der Waals surface area contributed by atoms with E-state index in [-0.39, 0.29) is 5.91 Å². The van der Waals surface area contributed by atoms with E-state index in [4.69, 9.17) is 0 Å². The lowest BCUT2D eigenvalue weighted by Gasteiger charge is -2.07. The number of aromatic nitrogens is 1. The largest absolute Gasteiger partial charge is 0.351 e. The van der Waals surface area contributed by atoms with Crippen molar-refractivity contribution >= 4 is 17.2 Å². The van der Waals surface area contributed by atoms with Gasteiger partial charge in [0.15, 0.2) is 0 Å². The molecule has 0 aliphatic heterocycles. The Bertz CT molecular complexity index is 528. The first-order valence-corrected chi connectivity index (χ1v) is 7.45. The van der Waals surface area contributed by atoms with Crippen LogP contribution in [-0.4, -0.2) is 10.5 Å². The summed E-state index contributed by atoms with van der Waals surface area (Å²) in [5.74, 6) is 0.135. The molecule has 2 aromatic heterocycles. The van der Waals surface area contributed by atoms with Crippen molar-refractivity contribution in [1.29, 1.82) is 0 Å². The Morgan fingerprint density at radius 1 is 1.37 bits per heavy atom. The molecule has 1 amide bonds. The van der Waals surface area contributed by atoms with Crippen LogP contribution >= 0.6 is 11.3 Å². The quantitative estimate of drug-likeness (QED) is 0.864. The second-order valence-electron chi connectivity index (χ2n) is 4.73. The Morgan fingerprint density at radius 2 is 2.21 bits per heavy atom. The summed E-state index contributed by atoms with van der Waals surface area (Å²) in [7, 11) is 2.02. The molecule has 3 nitrogen and oxygen atoms in total. The van der Waals surface area contributed by atoms with Crippen molar-refractivity contribution in [2.75, 3.05) is 0 Å². The van der Waals surface area contributed by atoms with Gasteiger partial charge in [-0.25, -0.2) is 0 Å². The van der Waals surface area contributed by atoms with E-state index in [1.54, 1.807) is 11.3 Å². The zero-order valence-electron chi connectivity index (χ0n) is 11.5. The molecule has 0 unspecified atom stereocenters. The van der Waals surface area contributed by atoms with Crippen molar-refractivity contribution in [3.63, 3.8) is 0 Å². The summed E-state index contributed by atoms with van der Waals surface area (Å²) in [6.07, 6.45) is 2.51. The van der Waals surface area contributed by atoms with Gasteiger partial charge in [-0.3, -0.25) is 4.79 Å². The summed E-state index contributed by atoms with van der Waals surface area (Å²) in [6, 6.07) is 8.30. The van der Waals surface area contributed by atoms with E-state index < -0.39 is 0 Å². The number of aryl methyl sites for hydroxylation is 2. The number of amides is 1. The van der Waals surface area contributed by atoms with Gasteiger partial charge in [0, 0.05) is 29.7 Å². The predicted molar refractivity (Wildman–Crippen MR) is 79.3 cm³/mol. The van der Waals surface area contributed by atoms with E-state index in [1.807, 2.05) is 7.05 Å². The van der Waals surface area contributed by atoms with E-state index in [0.29, 0.717) is 13.0 Å².